The van der Waals surface area contributed by atoms with Crippen LogP contribution in [0.5, 0.6) is 5.75 Å². The lowest BCUT2D eigenvalue weighted by molar-refractivity contribution is -0.154. The van der Waals surface area contributed by atoms with Crippen LogP contribution in [0, 0.1) is 0 Å². The zero-order valence-corrected chi connectivity index (χ0v) is 18.3. The van der Waals surface area contributed by atoms with E-state index in [2.05, 4.69) is 25.2 Å². The first-order valence-electron chi connectivity index (χ1n) is 9.78. The van der Waals surface area contributed by atoms with Crippen molar-refractivity contribution in [3.05, 3.63) is 72.9 Å². The van der Waals surface area contributed by atoms with Crippen LogP contribution in [0.3, 0.4) is 0 Å². The van der Waals surface area contributed by atoms with Gasteiger partial charge in [-0.2, -0.15) is 0 Å². The number of nitrogens with zero attached hydrogens (tertiary/aromatic N) is 1. The predicted molar refractivity (Wildman–Crippen MR) is 116 cm³/mol. The van der Waals surface area contributed by atoms with E-state index in [1.165, 1.54) is 29.3 Å². The second kappa shape index (κ2) is 9.09. The van der Waals surface area contributed by atoms with Gasteiger partial charge in [0.2, 0.25) is 0 Å². The molecule has 1 aliphatic rings. The molecule has 7 heteroatoms. The van der Waals surface area contributed by atoms with Gasteiger partial charge in [0.05, 0.1) is 14.1 Å². The molecule has 1 aliphatic heterocycles. The van der Waals surface area contributed by atoms with Gasteiger partial charge in [0.15, 0.2) is 11.9 Å². The third kappa shape index (κ3) is 5.04. The quantitative estimate of drug-likeness (QED) is 0.544. The summed E-state index contributed by atoms with van der Waals surface area (Å²) in [6.45, 7) is 5.59. The third-order valence-corrected chi connectivity index (χ3v) is 8.45. The van der Waals surface area contributed by atoms with Crippen LogP contribution < -0.4 is 9.92 Å². The first-order chi connectivity index (χ1) is 14.3. The fourth-order valence-electron chi connectivity index (χ4n) is 3.58. The van der Waals surface area contributed by atoms with E-state index in [0.29, 0.717) is 11.8 Å². The standard InChI is InChI=1S/C23H25NO5Si/c1-17(25)28-22-20(16-30(2,3)19-12-8-5-9-13-19)24(15-14-21(22)26)23(27)29-18-10-6-4-7-11-18/h4-15,20,22H,16H2,1-3H3/t20-,22-/m1/s1. The summed E-state index contributed by atoms with van der Waals surface area (Å²) in [6.07, 6.45) is 0.998. The minimum absolute atomic E-state index is 0.336. The van der Waals surface area contributed by atoms with Gasteiger partial charge in [-0.3, -0.25) is 14.5 Å². The molecule has 0 unspecified atom stereocenters. The Morgan fingerprint density at radius 1 is 1.00 bits per heavy atom. The van der Waals surface area contributed by atoms with E-state index in [1.807, 2.05) is 24.3 Å². The topological polar surface area (TPSA) is 72.9 Å². The molecule has 6 nitrogen and oxygen atoms in total. The Kier molecular flexibility index (Phi) is 6.52. The van der Waals surface area contributed by atoms with Crippen molar-refractivity contribution >= 4 is 31.1 Å². The molecule has 2 aromatic rings. The summed E-state index contributed by atoms with van der Waals surface area (Å²) >= 11 is 0. The number of rotatable bonds is 5. The molecule has 0 aromatic heterocycles. The van der Waals surface area contributed by atoms with Crippen LogP contribution in [-0.4, -0.2) is 43.0 Å². The van der Waals surface area contributed by atoms with Crippen LogP contribution in [0.1, 0.15) is 6.92 Å². The summed E-state index contributed by atoms with van der Waals surface area (Å²) in [5.74, 6) is -0.504. The van der Waals surface area contributed by atoms with Crippen LogP contribution in [0.2, 0.25) is 19.1 Å². The third-order valence-electron chi connectivity index (χ3n) is 5.11. The van der Waals surface area contributed by atoms with Crippen molar-refractivity contribution in [2.45, 2.75) is 38.2 Å². The molecule has 0 saturated carbocycles. The van der Waals surface area contributed by atoms with Gasteiger partial charge in [-0.15, -0.1) is 0 Å². The van der Waals surface area contributed by atoms with E-state index in [9.17, 15) is 14.4 Å². The average molecular weight is 424 g/mol. The Morgan fingerprint density at radius 2 is 1.60 bits per heavy atom. The maximum atomic E-state index is 13.0. The van der Waals surface area contributed by atoms with Crippen molar-refractivity contribution in [2.24, 2.45) is 0 Å². The molecular formula is C23H25NO5Si. The number of ketones is 1. The van der Waals surface area contributed by atoms with Gasteiger partial charge in [-0.05, 0) is 18.2 Å². The highest BCUT2D eigenvalue weighted by Gasteiger charge is 2.43. The summed E-state index contributed by atoms with van der Waals surface area (Å²) in [6, 6.07) is 18.6. The van der Waals surface area contributed by atoms with Gasteiger partial charge in [0, 0.05) is 19.2 Å². The summed E-state index contributed by atoms with van der Waals surface area (Å²) in [5.41, 5.74) is 0. The van der Waals surface area contributed by atoms with Crippen molar-refractivity contribution in [3.8, 4) is 5.75 Å². The van der Waals surface area contributed by atoms with E-state index in [1.54, 1.807) is 24.3 Å². The Labute approximate surface area is 177 Å². The van der Waals surface area contributed by atoms with Gasteiger partial charge in [-0.25, -0.2) is 4.79 Å². The van der Waals surface area contributed by atoms with Crippen molar-refractivity contribution in [1.82, 2.24) is 4.90 Å². The molecule has 1 heterocycles. The second-order valence-corrected chi connectivity index (χ2v) is 12.6. The number of esters is 1. The maximum absolute atomic E-state index is 13.0. The molecule has 0 saturated heterocycles. The second-order valence-electron chi connectivity index (χ2n) is 7.86. The summed E-state index contributed by atoms with van der Waals surface area (Å²) < 4.78 is 10.9. The van der Waals surface area contributed by atoms with Crippen molar-refractivity contribution in [2.75, 3.05) is 0 Å². The van der Waals surface area contributed by atoms with E-state index in [4.69, 9.17) is 9.47 Å². The molecule has 0 fully saturated rings. The minimum atomic E-state index is -2.10. The molecule has 0 radical (unpaired) electrons. The fraction of sp³-hybridized carbons (Fsp3) is 0.261. The Hall–Kier alpha value is -3.19. The molecule has 0 N–H and O–H groups in total. The van der Waals surface area contributed by atoms with E-state index in [-0.39, 0.29) is 5.78 Å². The first kappa shape index (κ1) is 21.5. The zero-order valence-electron chi connectivity index (χ0n) is 17.3. The van der Waals surface area contributed by atoms with E-state index >= 15 is 0 Å². The van der Waals surface area contributed by atoms with Gasteiger partial charge in [0.25, 0.3) is 0 Å². The zero-order chi connectivity index (χ0) is 21.7. The molecule has 30 heavy (non-hydrogen) atoms. The number of amides is 1. The van der Waals surface area contributed by atoms with Crippen LogP contribution >= 0.6 is 0 Å². The number of carbonyl (C=O) groups is 3. The molecule has 2 aromatic carbocycles. The smallest absolute Gasteiger partial charge is 0.419 e. The molecule has 1 amide bonds. The lowest BCUT2D eigenvalue weighted by atomic mass is 10.0. The lowest BCUT2D eigenvalue weighted by Crippen LogP contribution is -2.57. The number of carbonyl (C=O) groups excluding carboxylic acids is 3. The summed E-state index contributed by atoms with van der Waals surface area (Å²) in [4.78, 5) is 38.6. The SMILES string of the molecule is CC(=O)O[C@H]1C(=O)C=CN(C(=O)Oc2ccccc2)[C@@H]1C[Si](C)(C)c1ccccc1. The van der Waals surface area contributed by atoms with Crippen LogP contribution in [0.15, 0.2) is 72.9 Å². The molecule has 156 valence electrons. The van der Waals surface area contributed by atoms with Gasteiger partial charge in [-0.1, -0.05) is 66.8 Å². The molecule has 0 aliphatic carbocycles. The van der Waals surface area contributed by atoms with E-state index < -0.39 is 32.3 Å². The highest BCUT2D eigenvalue weighted by Crippen LogP contribution is 2.27. The number of hydrogen-bond donors (Lipinski definition) is 0. The number of hydrogen-bond acceptors (Lipinski definition) is 5. The Morgan fingerprint density at radius 3 is 2.20 bits per heavy atom. The number of benzene rings is 2. The first-order valence-corrected chi connectivity index (χ1v) is 13.0. The lowest BCUT2D eigenvalue weighted by Gasteiger charge is -2.39. The van der Waals surface area contributed by atoms with Crippen LogP contribution in [0.25, 0.3) is 0 Å². The summed E-state index contributed by atoms with van der Waals surface area (Å²) in [7, 11) is -2.10. The van der Waals surface area contributed by atoms with Crippen molar-refractivity contribution in [1.29, 1.82) is 0 Å². The molecular weight excluding hydrogens is 398 g/mol. The molecule has 0 spiro atoms. The molecule has 3 rings (SSSR count). The van der Waals surface area contributed by atoms with Crippen LogP contribution in [0.4, 0.5) is 4.79 Å². The Balaban J connectivity index is 1.92. The molecule has 2 atom stereocenters. The highest BCUT2D eigenvalue weighted by molar-refractivity contribution is 6.90. The maximum Gasteiger partial charge on any atom is 0.419 e. The monoisotopic (exact) mass is 423 g/mol. The van der Waals surface area contributed by atoms with Crippen molar-refractivity contribution < 1.29 is 23.9 Å². The minimum Gasteiger partial charge on any atom is -0.452 e. The predicted octanol–water partition coefficient (Wildman–Crippen LogP) is 3.50. The number of para-hydroxylation sites is 1. The fourth-order valence-corrected chi connectivity index (χ4v) is 6.37. The Bertz CT molecular complexity index is 943. The normalized spacial score (nSPS) is 18.8. The highest BCUT2D eigenvalue weighted by atomic mass is 28.3. The average Bonchev–Trinajstić information content (AvgIpc) is 2.71. The van der Waals surface area contributed by atoms with Crippen LogP contribution in [-0.2, 0) is 14.3 Å². The summed E-state index contributed by atoms with van der Waals surface area (Å²) in [5, 5.41) is 1.19. The van der Waals surface area contributed by atoms with Gasteiger partial charge >= 0.3 is 12.1 Å². The van der Waals surface area contributed by atoms with Gasteiger partial charge in [0.1, 0.15) is 5.75 Å². The van der Waals surface area contributed by atoms with E-state index in [0.717, 1.165) is 0 Å². The van der Waals surface area contributed by atoms with Gasteiger partial charge < -0.3 is 9.47 Å². The largest absolute Gasteiger partial charge is 0.452 e. The van der Waals surface area contributed by atoms with Crippen molar-refractivity contribution in [3.63, 3.8) is 0 Å². The number of ether oxygens (including phenoxy) is 2. The molecule has 0 bridgehead atoms.